The second-order valence-electron chi connectivity index (χ2n) is 0.408. The molecule has 0 saturated heterocycles. The van der Waals surface area contributed by atoms with Crippen molar-refractivity contribution in [2.75, 3.05) is 0 Å². The molecule has 0 aromatic carbocycles. The summed E-state index contributed by atoms with van der Waals surface area (Å²) in [6, 6.07) is 0. The quantitative estimate of drug-likeness (QED) is 0.261. The van der Waals surface area contributed by atoms with E-state index < -0.39 is 10.4 Å². The fraction of sp³-hybridized carbons (Fsp3) is 0. The monoisotopic (exact) mass is 193 g/mol. The van der Waals surface area contributed by atoms with Crippen molar-refractivity contribution in [2.24, 2.45) is 0 Å². The summed E-state index contributed by atoms with van der Waals surface area (Å²) in [6.45, 7) is 0. The van der Waals surface area contributed by atoms with E-state index in [9.17, 15) is 0 Å². The van der Waals surface area contributed by atoms with Crippen LogP contribution in [0.5, 0.6) is 0 Å². The summed E-state index contributed by atoms with van der Waals surface area (Å²) in [5.41, 5.74) is 0. The molecule has 0 bridgehead atoms. The van der Waals surface area contributed by atoms with Crippen LogP contribution in [0.3, 0.4) is 0 Å². The predicted molar refractivity (Wildman–Crippen MR) is 16.2 cm³/mol. The van der Waals surface area contributed by atoms with Gasteiger partial charge >= 0.3 is 16.5 Å². The third kappa shape index (κ3) is 72.0. The van der Waals surface area contributed by atoms with Gasteiger partial charge in [-0.05, 0) is 0 Å². The summed E-state index contributed by atoms with van der Waals surface area (Å²) in [7, 11) is -5.17. The molecule has 0 saturated carbocycles. The standard InChI is InChI=1S/K.Ni.H2O4S/c;;1-5(2,3)4/h;;(H2,1,2,3,4)/q;+2;/p-2. The van der Waals surface area contributed by atoms with Crippen molar-refractivity contribution in [3.63, 3.8) is 0 Å². The molecule has 0 rings (SSSR count). The van der Waals surface area contributed by atoms with Crippen molar-refractivity contribution in [3.8, 4) is 0 Å². The molecule has 0 atom stereocenters. The summed E-state index contributed by atoms with van der Waals surface area (Å²) in [5, 5.41) is 0. The second-order valence-corrected chi connectivity index (χ2v) is 1.22. The zero-order chi connectivity index (χ0) is 4.50. The number of hydrogen-bond acceptors (Lipinski definition) is 4. The summed E-state index contributed by atoms with van der Waals surface area (Å²) in [4.78, 5) is 0. The van der Waals surface area contributed by atoms with E-state index in [1.807, 2.05) is 0 Å². The van der Waals surface area contributed by atoms with Crippen LogP contribution in [0.25, 0.3) is 0 Å². The van der Waals surface area contributed by atoms with Gasteiger partial charge in [-0.3, -0.25) is 8.42 Å². The summed E-state index contributed by atoms with van der Waals surface area (Å²) in [5.74, 6) is 0. The first kappa shape index (κ1) is 16.0. The molecular weight excluding hydrogens is 194 g/mol. The normalized spacial score (nSPS) is 8.29. The maximum atomic E-state index is 8.52. The van der Waals surface area contributed by atoms with Crippen molar-refractivity contribution < 1.29 is 34.0 Å². The van der Waals surface area contributed by atoms with Gasteiger partial charge in [0.05, 0.1) is 0 Å². The summed E-state index contributed by atoms with van der Waals surface area (Å²) < 4.78 is 34.1. The van der Waals surface area contributed by atoms with Crippen LogP contribution < -0.4 is 0 Å². The fourth-order valence-corrected chi connectivity index (χ4v) is 0. The smallest absolute Gasteiger partial charge is 0.759 e. The average Bonchev–Trinajstić information content (AvgIpc) is 0.722. The molecule has 0 heterocycles. The van der Waals surface area contributed by atoms with E-state index in [1.54, 1.807) is 0 Å². The molecule has 7 heavy (non-hydrogen) atoms. The van der Waals surface area contributed by atoms with Crippen LogP contribution in [-0.4, -0.2) is 68.9 Å². The molecule has 0 N–H and O–H groups in total. The van der Waals surface area contributed by atoms with Gasteiger partial charge in [0, 0.05) is 61.8 Å². The van der Waals surface area contributed by atoms with Gasteiger partial charge in [0.15, 0.2) is 0 Å². The molecule has 0 amide bonds. The topological polar surface area (TPSA) is 80.3 Å². The molecule has 0 aromatic heterocycles. The van der Waals surface area contributed by atoms with Crippen LogP contribution >= 0.6 is 0 Å². The van der Waals surface area contributed by atoms with Gasteiger partial charge in [-0.1, -0.05) is 0 Å². The summed E-state index contributed by atoms with van der Waals surface area (Å²) >= 11 is 0. The van der Waals surface area contributed by atoms with Crippen LogP contribution in [0.2, 0.25) is 0 Å². The van der Waals surface area contributed by atoms with Crippen molar-refractivity contribution in [1.82, 2.24) is 0 Å². The number of hydrogen-bond donors (Lipinski definition) is 0. The third-order valence-electron chi connectivity index (χ3n) is 0. The Morgan fingerprint density at radius 2 is 1.14 bits per heavy atom. The van der Waals surface area contributed by atoms with E-state index in [-0.39, 0.29) is 67.9 Å². The maximum absolute atomic E-state index is 8.52. The van der Waals surface area contributed by atoms with Crippen LogP contribution in [0.1, 0.15) is 0 Å². The zero-order valence-corrected chi connectivity index (χ0v) is 8.28. The first-order valence-corrected chi connectivity index (χ1v) is 2.00. The molecule has 4 nitrogen and oxygen atoms in total. The van der Waals surface area contributed by atoms with E-state index in [2.05, 4.69) is 0 Å². The number of rotatable bonds is 0. The molecule has 41 valence electrons. The molecule has 0 aliphatic carbocycles. The second kappa shape index (κ2) is 6.12. The van der Waals surface area contributed by atoms with Gasteiger partial charge < -0.3 is 9.11 Å². The molecule has 0 spiro atoms. The Bertz CT molecular complexity index is 94.9. The largest absolute Gasteiger partial charge is 2.00 e. The SMILES string of the molecule is O=S(=O)([O-])[O-].[K].[Ni+2]. The Morgan fingerprint density at radius 3 is 1.14 bits per heavy atom. The predicted octanol–water partition coefficient (Wildman–Crippen LogP) is -1.72. The van der Waals surface area contributed by atoms with Crippen LogP contribution in [0.15, 0.2) is 0 Å². The van der Waals surface area contributed by atoms with Gasteiger partial charge in [-0.15, -0.1) is 0 Å². The Hall–Kier alpha value is 2.00. The van der Waals surface area contributed by atoms with E-state index >= 15 is 0 Å². The van der Waals surface area contributed by atoms with Gasteiger partial charge in [0.25, 0.3) is 0 Å². The molecular formula is KNiO4S. The minimum Gasteiger partial charge on any atom is -0.759 e. The Labute approximate surface area is 94.0 Å². The van der Waals surface area contributed by atoms with Crippen LogP contribution in [-0.2, 0) is 26.9 Å². The van der Waals surface area contributed by atoms with E-state index in [0.717, 1.165) is 0 Å². The van der Waals surface area contributed by atoms with Gasteiger partial charge in [-0.25, -0.2) is 0 Å². The van der Waals surface area contributed by atoms with Crippen LogP contribution in [0.4, 0.5) is 0 Å². The zero-order valence-electron chi connectivity index (χ0n) is 3.36. The minimum absolute atomic E-state index is 0. The third-order valence-corrected chi connectivity index (χ3v) is 0. The first-order valence-electron chi connectivity index (χ1n) is 0.667. The van der Waals surface area contributed by atoms with Crippen molar-refractivity contribution in [2.45, 2.75) is 0 Å². The Morgan fingerprint density at radius 1 is 1.14 bits per heavy atom. The first-order chi connectivity index (χ1) is 2.00. The van der Waals surface area contributed by atoms with Crippen molar-refractivity contribution >= 4 is 61.8 Å². The summed E-state index contributed by atoms with van der Waals surface area (Å²) in [6.07, 6.45) is 0. The molecule has 0 aromatic rings. The average molecular weight is 194 g/mol. The Kier molecular flexibility index (Phi) is 14.0. The molecule has 1 radical (unpaired) electrons. The molecule has 7 heteroatoms. The van der Waals surface area contributed by atoms with Gasteiger partial charge in [-0.2, -0.15) is 0 Å². The fourth-order valence-electron chi connectivity index (χ4n) is 0. The molecule has 0 aliphatic rings. The Balaban J connectivity index is -0.0000000800. The molecule has 0 fully saturated rings. The molecule has 0 aliphatic heterocycles. The van der Waals surface area contributed by atoms with E-state index in [4.69, 9.17) is 17.5 Å². The van der Waals surface area contributed by atoms with E-state index in [1.165, 1.54) is 0 Å². The molecule has 0 unspecified atom stereocenters. The minimum atomic E-state index is -5.17. The van der Waals surface area contributed by atoms with Gasteiger partial charge in [0.2, 0.25) is 0 Å². The maximum Gasteiger partial charge on any atom is 2.00 e. The van der Waals surface area contributed by atoms with Gasteiger partial charge in [0.1, 0.15) is 0 Å². The van der Waals surface area contributed by atoms with Crippen LogP contribution in [0, 0.1) is 0 Å². The van der Waals surface area contributed by atoms with Crippen molar-refractivity contribution in [3.05, 3.63) is 0 Å². The van der Waals surface area contributed by atoms with Crippen molar-refractivity contribution in [1.29, 1.82) is 0 Å². The van der Waals surface area contributed by atoms with E-state index in [0.29, 0.717) is 0 Å².